The van der Waals surface area contributed by atoms with Crippen LogP contribution in [0.15, 0.2) is 34.2 Å². The molecule has 0 bridgehead atoms. The van der Waals surface area contributed by atoms with Crippen LogP contribution in [0.25, 0.3) is 0 Å². The molecule has 0 spiro atoms. The number of aromatic nitrogens is 2. The predicted molar refractivity (Wildman–Crippen MR) is 85.0 cm³/mol. The van der Waals surface area contributed by atoms with Gasteiger partial charge in [0.05, 0.1) is 6.20 Å². The number of fused-ring (bicyclic) bond motifs is 1. The minimum atomic E-state index is -4.12. The van der Waals surface area contributed by atoms with Gasteiger partial charge in [-0.1, -0.05) is 12.1 Å². The Morgan fingerprint density at radius 2 is 2.25 bits per heavy atom. The molecule has 0 fully saturated rings. The molecule has 0 amide bonds. The van der Waals surface area contributed by atoms with E-state index in [0.29, 0.717) is 22.6 Å². The van der Waals surface area contributed by atoms with Crippen molar-refractivity contribution in [1.29, 1.82) is 0 Å². The number of carbonyl (C=O) groups is 1. The highest BCUT2D eigenvalue weighted by atomic mass is 32.2. The van der Waals surface area contributed by atoms with Crippen LogP contribution in [0.2, 0.25) is 0 Å². The Kier molecular flexibility index (Phi) is 4.37. The Morgan fingerprint density at radius 1 is 1.50 bits per heavy atom. The number of hydrogen-bond acceptors (Lipinski definition) is 5. The van der Waals surface area contributed by atoms with E-state index in [2.05, 4.69) is 9.82 Å². The summed E-state index contributed by atoms with van der Waals surface area (Å²) in [5, 5.41) is 12.9. The van der Waals surface area contributed by atoms with Crippen molar-refractivity contribution in [2.24, 2.45) is 7.05 Å². The number of hydrogen-bond donors (Lipinski definition) is 2. The fourth-order valence-electron chi connectivity index (χ4n) is 2.62. The van der Waals surface area contributed by atoms with Gasteiger partial charge < -0.3 is 5.11 Å². The molecule has 10 heteroatoms. The van der Waals surface area contributed by atoms with Crippen LogP contribution in [0.5, 0.6) is 0 Å². The molecule has 0 radical (unpaired) electrons. The normalized spacial score (nSPS) is 17.5. The summed E-state index contributed by atoms with van der Waals surface area (Å²) in [7, 11) is -2.76. The highest BCUT2D eigenvalue weighted by molar-refractivity contribution is 7.99. The number of thioether (sulfide) groups is 1. The predicted octanol–water partition coefficient (Wildman–Crippen LogP) is 1.77. The van der Waals surface area contributed by atoms with Gasteiger partial charge in [0.25, 0.3) is 0 Å². The Hall–Kier alpha value is -1.91. The fourth-order valence-corrected chi connectivity index (χ4v) is 5.16. The number of nitrogens with zero attached hydrogens (tertiary/aromatic N) is 2. The first-order valence-corrected chi connectivity index (χ1v) is 9.47. The first-order valence-electron chi connectivity index (χ1n) is 7.00. The van der Waals surface area contributed by atoms with Crippen LogP contribution >= 0.6 is 11.8 Å². The van der Waals surface area contributed by atoms with Crippen LogP contribution in [-0.4, -0.2) is 35.0 Å². The van der Waals surface area contributed by atoms with E-state index >= 15 is 0 Å². The summed E-state index contributed by atoms with van der Waals surface area (Å²) < 4.78 is 42.6. The number of aryl methyl sites for hydroxylation is 1. The summed E-state index contributed by atoms with van der Waals surface area (Å²) in [4.78, 5) is 11.3. The van der Waals surface area contributed by atoms with E-state index in [4.69, 9.17) is 0 Å². The smallest absolute Gasteiger partial charge is 0.355 e. The molecule has 0 aliphatic carbocycles. The lowest BCUT2D eigenvalue weighted by molar-refractivity contribution is 0.0680. The number of halogens is 1. The lowest BCUT2D eigenvalue weighted by atomic mass is 10.0. The molecule has 1 unspecified atom stereocenters. The van der Waals surface area contributed by atoms with E-state index in [1.165, 1.54) is 30.9 Å². The average Bonchev–Trinajstić information content (AvgIpc) is 2.91. The molecular formula is C14H14FN3O4S2. The zero-order valence-corrected chi connectivity index (χ0v) is 14.2. The van der Waals surface area contributed by atoms with Gasteiger partial charge in [0, 0.05) is 18.0 Å². The number of nitrogens with one attached hydrogen (secondary N) is 1. The first kappa shape index (κ1) is 16.9. The molecular weight excluding hydrogens is 357 g/mol. The Balaban J connectivity index is 1.98. The molecule has 1 atom stereocenters. The van der Waals surface area contributed by atoms with Gasteiger partial charge in [-0.15, -0.1) is 11.8 Å². The van der Waals surface area contributed by atoms with Crippen LogP contribution in [0.1, 0.15) is 28.5 Å². The molecule has 7 nitrogen and oxygen atoms in total. The second kappa shape index (κ2) is 6.19. The number of aromatic carboxylic acids is 1. The van der Waals surface area contributed by atoms with Crippen LogP contribution in [-0.2, 0) is 17.1 Å². The maximum Gasteiger partial charge on any atom is 0.355 e. The fraction of sp³-hybridized carbons (Fsp3) is 0.286. The largest absolute Gasteiger partial charge is 0.476 e. The van der Waals surface area contributed by atoms with Crippen LogP contribution in [0.4, 0.5) is 4.39 Å². The van der Waals surface area contributed by atoms with Gasteiger partial charge >= 0.3 is 5.97 Å². The molecule has 0 saturated carbocycles. The molecule has 1 aliphatic heterocycles. The molecule has 1 aromatic heterocycles. The van der Waals surface area contributed by atoms with E-state index in [1.807, 2.05) is 0 Å². The second-order valence-corrected chi connectivity index (χ2v) is 8.04. The van der Waals surface area contributed by atoms with E-state index in [1.54, 1.807) is 6.07 Å². The van der Waals surface area contributed by atoms with Gasteiger partial charge in [-0.05, 0) is 23.8 Å². The lowest BCUT2D eigenvalue weighted by Gasteiger charge is -2.25. The Bertz CT molecular complexity index is 911. The molecule has 1 aromatic carbocycles. The molecule has 0 saturated heterocycles. The second-order valence-electron chi connectivity index (χ2n) is 5.26. The maximum absolute atomic E-state index is 13.9. The monoisotopic (exact) mass is 371 g/mol. The highest BCUT2D eigenvalue weighted by Crippen LogP contribution is 2.38. The standard InChI is InChI=1S/C14H14FN3O4S2/c1-18-12(14(19)20)11(7-16-18)24(21,22)17-10-5-6-23-13-8(10)3-2-4-9(13)15/h2-4,7,10,17H,5-6H2,1H3,(H,19,20). The summed E-state index contributed by atoms with van der Waals surface area (Å²) >= 11 is 1.33. The van der Waals surface area contributed by atoms with Crippen LogP contribution < -0.4 is 4.72 Å². The zero-order chi connectivity index (χ0) is 17.5. The molecule has 24 heavy (non-hydrogen) atoms. The van der Waals surface area contributed by atoms with Crippen molar-refractivity contribution in [2.45, 2.75) is 22.3 Å². The highest BCUT2D eigenvalue weighted by Gasteiger charge is 2.31. The number of rotatable bonds is 4. The third kappa shape index (κ3) is 2.92. The number of carboxylic acid groups (broad SMARTS) is 1. The lowest BCUT2D eigenvalue weighted by Crippen LogP contribution is -2.31. The topological polar surface area (TPSA) is 101 Å². The van der Waals surface area contributed by atoms with Gasteiger partial charge in [-0.25, -0.2) is 22.3 Å². The molecule has 1 aliphatic rings. The minimum Gasteiger partial charge on any atom is -0.476 e. The van der Waals surface area contributed by atoms with Crippen molar-refractivity contribution < 1.29 is 22.7 Å². The van der Waals surface area contributed by atoms with Crippen molar-refractivity contribution in [1.82, 2.24) is 14.5 Å². The number of sulfonamides is 1. The van der Waals surface area contributed by atoms with Gasteiger partial charge in [0.2, 0.25) is 10.0 Å². The Morgan fingerprint density at radius 3 is 2.96 bits per heavy atom. The van der Waals surface area contributed by atoms with Crippen LogP contribution in [0.3, 0.4) is 0 Å². The maximum atomic E-state index is 13.9. The quantitative estimate of drug-likeness (QED) is 0.849. The van der Waals surface area contributed by atoms with Gasteiger partial charge in [-0.3, -0.25) is 4.68 Å². The van der Waals surface area contributed by atoms with E-state index < -0.39 is 38.4 Å². The third-order valence-corrected chi connectivity index (χ3v) is 6.35. The summed E-state index contributed by atoms with van der Waals surface area (Å²) in [6.45, 7) is 0. The molecule has 2 N–H and O–H groups in total. The van der Waals surface area contributed by atoms with Gasteiger partial charge in [0.15, 0.2) is 5.69 Å². The molecule has 128 valence electrons. The van der Waals surface area contributed by atoms with Crippen molar-refractivity contribution in [2.75, 3.05) is 5.75 Å². The average molecular weight is 371 g/mol. The minimum absolute atomic E-state index is 0.394. The Labute approximate surface area is 141 Å². The molecule has 2 aromatic rings. The van der Waals surface area contributed by atoms with E-state index in [9.17, 15) is 22.7 Å². The zero-order valence-electron chi connectivity index (χ0n) is 12.6. The van der Waals surface area contributed by atoms with Crippen molar-refractivity contribution in [3.63, 3.8) is 0 Å². The van der Waals surface area contributed by atoms with Crippen molar-refractivity contribution in [3.05, 3.63) is 41.5 Å². The molecule has 3 rings (SSSR count). The third-order valence-electron chi connectivity index (χ3n) is 3.72. The van der Waals surface area contributed by atoms with Crippen molar-refractivity contribution in [3.8, 4) is 0 Å². The van der Waals surface area contributed by atoms with Crippen LogP contribution in [0, 0.1) is 5.82 Å². The van der Waals surface area contributed by atoms with Crippen molar-refractivity contribution >= 4 is 27.8 Å². The summed E-state index contributed by atoms with van der Waals surface area (Å²) in [5.74, 6) is -1.23. The first-order chi connectivity index (χ1) is 11.3. The van der Waals surface area contributed by atoms with Gasteiger partial charge in [-0.2, -0.15) is 5.10 Å². The summed E-state index contributed by atoms with van der Waals surface area (Å²) in [6, 6.07) is 3.89. The SMILES string of the molecule is Cn1ncc(S(=O)(=O)NC2CCSc3c(F)cccc32)c1C(=O)O. The van der Waals surface area contributed by atoms with E-state index in [-0.39, 0.29) is 0 Å². The summed E-state index contributed by atoms with van der Waals surface area (Å²) in [6.07, 6.45) is 1.47. The van der Waals surface area contributed by atoms with E-state index in [0.717, 1.165) is 10.9 Å². The molecule has 2 heterocycles. The summed E-state index contributed by atoms with van der Waals surface area (Å²) in [5.41, 5.74) is 0.128. The number of carboxylic acids is 1. The number of benzene rings is 1. The van der Waals surface area contributed by atoms with Gasteiger partial charge in [0.1, 0.15) is 10.7 Å².